The van der Waals surface area contributed by atoms with Crippen LogP contribution >= 0.6 is 31.9 Å². The maximum absolute atomic E-state index is 11.7. The van der Waals surface area contributed by atoms with Gasteiger partial charge >= 0.3 is 0 Å². The summed E-state index contributed by atoms with van der Waals surface area (Å²) in [5.41, 5.74) is 3.43. The van der Waals surface area contributed by atoms with E-state index in [1.807, 2.05) is 6.92 Å². The second kappa shape index (κ2) is 5.75. The summed E-state index contributed by atoms with van der Waals surface area (Å²) in [6, 6.07) is 3.39. The highest BCUT2D eigenvalue weighted by Crippen LogP contribution is 2.34. The number of phenols is 1. The van der Waals surface area contributed by atoms with Crippen LogP contribution in [-0.4, -0.2) is 23.5 Å². The lowest BCUT2D eigenvalue weighted by atomic mass is 10.1. The number of ether oxygens (including phenoxy) is 1. The third kappa shape index (κ3) is 2.98. The fourth-order valence-corrected chi connectivity index (χ4v) is 2.75. The van der Waals surface area contributed by atoms with Gasteiger partial charge in [0.1, 0.15) is 11.3 Å². The van der Waals surface area contributed by atoms with Crippen LogP contribution in [0.1, 0.15) is 12.5 Å². The summed E-state index contributed by atoms with van der Waals surface area (Å²) in [6.45, 7) is 2.24. The lowest BCUT2D eigenvalue weighted by Crippen LogP contribution is -2.14. The van der Waals surface area contributed by atoms with Crippen LogP contribution in [-0.2, 0) is 9.53 Å². The van der Waals surface area contributed by atoms with E-state index in [2.05, 4.69) is 42.4 Å². The zero-order valence-electron chi connectivity index (χ0n) is 9.91. The smallest absolute Gasteiger partial charge is 0.277 e. The summed E-state index contributed by atoms with van der Waals surface area (Å²) in [7, 11) is 0. The average molecular weight is 390 g/mol. The van der Waals surface area contributed by atoms with E-state index in [9.17, 15) is 9.90 Å². The molecule has 0 bridgehead atoms. The summed E-state index contributed by atoms with van der Waals surface area (Å²) in [5, 5.41) is 13.4. The van der Waals surface area contributed by atoms with E-state index in [0.717, 1.165) is 5.56 Å². The van der Waals surface area contributed by atoms with Crippen molar-refractivity contribution < 1.29 is 14.6 Å². The Morgan fingerprint density at radius 2 is 2.05 bits per heavy atom. The molecule has 1 aliphatic rings. The number of carbonyl (C=O) groups excluding carboxylic acids is 1. The maximum Gasteiger partial charge on any atom is 0.277 e. The van der Waals surface area contributed by atoms with Gasteiger partial charge in [-0.1, -0.05) is 0 Å². The van der Waals surface area contributed by atoms with Crippen molar-refractivity contribution in [2.75, 3.05) is 6.61 Å². The van der Waals surface area contributed by atoms with Crippen LogP contribution in [0.3, 0.4) is 0 Å². The number of amides is 1. The minimum atomic E-state index is -0.316. The highest BCUT2D eigenvalue weighted by Gasteiger charge is 2.24. The van der Waals surface area contributed by atoms with Gasteiger partial charge in [-0.3, -0.25) is 4.79 Å². The van der Waals surface area contributed by atoms with Gasteiger partial charge in [-0.25, -0.2) is 5.43 Å². The van der Waals surface area contributed by atoms with Crippen molar-refractivity contribution in [2.24, 2.45) is 5.10 Å². The van der Waals surface area contributed by atoms with Gasteiger partial charge in [0.25, 0.3) is 5.91 Å². The zero-order valence-corrected chi connectivity index (χ0v) is 13.1. The third-order valence-corrected chi connectivity index (χ3v) is 3.57. The Morgan fingerprint density at radius 3 is 2.63 bits per heavy atom. The molecule has 0 aromatic heterocycles. The molecule has 2 rings (SSSR count). The van der Waals surface area contributed by atoms with E-state index < -0.39 is 0 Å². The molecule has 0 fully saturated rings. The summed E-state index contributed by atoms with van der Waals surface area (Å²) >= 11 is 6.47. The lowest BCUT2D eigenvalue weighted by molar-refractivity contribution is -0.116. The maximum atomic E-state index is 11.7. The van der Waals surface area contributed by atoms with Crippen molar-refractivity contribution in [3.63, 3.8) is 0 Å². The van der Waals surface area contributed by atoms with Crippen molar-refractivity contribution in [3.8, 4) is 5.75 Å². The minimum Gasteiger partial charge on any atom is -0.506 e. The third-order valence-electron chi connectivity index (χ3n) is 2.37. The Labute approximate surface area is 126 Å². The SMILES string of the molecule is CCOC1=NNC(=O)C1=Cc1cc(Br)c(O)c(Br)c1. The number of hydrazone groups is 1. The Hall–Kier alpha value is -1.34. The fraction of sp³-hybridized carbons (Fsp3) is 0.167. The Morgan fingerprint density at radius 1 is 1.42 bits per heavy atom. The molecular weight excluding hydrogens is 380 g/mol. The van der Waals surface area contributed by atoms with E-state index in [4.69, 9.17) is 4.74 Å². The number of nitrogens with one attached hydrogen (secondary N) is 1. The van der Waals surface area contributed by atoms with Crippen LogP contribution in [0.4, 0.5) is 0 Å². The number of hydrogen-bond acceptors (Lipinski definition) is 4. The number of halogens is 2. The largest absolute Gasteiger partial charge is 0.506 e. The van der Waals surface area contributed by atoms with Gasteiger partial charge < -0.3 is 9.84 Å². The number of benzene rings is 1. The highest BCUT2D eigenvalue weighted by molar-refractivity contribution is 9.11. The quantitative estimate of drug-likeness (QED) is 0.764. The molecule has 1 aromatic carbocycles. The van der Waals surface area contributed by atoms with Gasteiger partial charge in [0.2, 0.25) is 5.90 Å². The fourth-order valence-electron chi connectivity index (χ4n) is 1.53. The molecule has 0 atom stereocenters. The molecule has 0 saturated carbocycles. The van der Waals surface area contributed by atoms with Gasteiger partial charge in [0.05, 0.1) is 15.6 Å². The van der Waals surface area contributed by atoms with Gasteiger partial charge in [-0.15, -0.1) is 5.10 Å². The van der Waals surface area contributed by atoms with Gasteiger partial charge in [-0.05, 0) is 62.6 Å². The second-order valence-electron chi connectivity index (χ2n) is 3.68. The average Bonchev–Trinajstić information content (AvgIpc) is 2.69. The first-order chi connectivity index (χ1) is 9.02. The number of phenolic OH excluding ortho intramolecular Hbond substituents is 1. The van der Waals surface area contributed by atoms with Crippen molar-refractivity contribution >= 4 is 49.7 Å². The van der Waals surface area contributed by atoms with Crippen LogP contribution in [0.2, 0.25) is 0 Å². The first-order valence-corrected chi connectivity index (χ1v) is 7.02. The standard InChI is InChI=1S/C12H10Br2N2O3/c1-2-19-12-7(11(18)15-16-12)3-6-4-8(13)10(17)9(14)5-6/h3-5,17H,2H2,1H3,(H,15,18). The summed E-state index contributed by atoms with van der Waals surface area (Å²) in [6.07, 6.45) is 1.64. The molecule has 5 nitrogen and oxygen atoms in total. The zero-order chi connectivity index (χ0) is 14.0. The molecule has 0 spiro atoms. The first kappa shape index (κ1) is 14.1. The molecule has 0 radical (unpaired) electrons. The van der Waals surface area contributed by atoms with Crippen molar-refractivity contribution in [1.29, 1.82) is 0 Å². The predicted molar refractivity (Wildman–Crippen MR) is 78.7 cm³/mol. The normalized spacial score (nSPS) is 16.5. The highest BCUT2D eigenvalue weighted by atomic mass is 79.9. The van der Waals surface area contributed by atoms with Gasteiger partial charge in [-0.2, -0.15) is 0 Å². The number of hydrogen-bond donors (Lipinski definition) is 2. The van der Waals surface area contributed by atoms with Crippen molar-refractivity contribution in [3.05, 3.63) is 32.2 Å². The lowest BCUT2D eigenvalue weighted by Gasteiger charge is -2.05. The van der Waals surface area contributed by atoms with E-state index >= 15 is 0 Å². The van der Waals surface area contributed by atoms with E-state index in [1.165, 1.54) is 0 Å². The Kier molecular flexibility index (Phi) is 4.26. The van der Waals surface area contributed by atoms with Crippen LogP contribution in [0, 0.1) is 0 Å². The van der Waals surface area contributed by atoms with E-state index in [-0.39, 0.29) is 17.6 Å². The number of nitrogens with zero attached hydrogens (tertiary/aromatic N) is 1. The van der Waals surface area contributed by atoms with E-state index in [1.54, 1.807) is 18.2 Å². The Balaban J connectivity index is 2.40. The molecular formula is C12H10Br2N2O3. The molecule has 0 aliphatic carbocycles. The topological polar surface area (TPSA) is 70.9 Å². The van der Waals surface area contributed by atoms with Crippen LogP contribution < -0.4 is 5.43 Å². The molecule has 19 heavy (non-hydrogen) atoms. The van der Waals surface area contributed by atoms with E-state index in [0.29, 0.717) is 21.1 Å². The molecule has 7 heteroatoms. The van der Waals surface area contributed by atoms with Gasteiger partial charge in [0.15, 0.2) is 0 Å². The van der Waals surface area contributed by atoms with Crippen molar-refractivity contribution in [2.45, 2.75) is 6.92 Å². The monoisotopic (exact) mass is 388 g/mol. The van der Waals surface area contributed by atoms with Gasteiger partial charge in [0, 0.05) is 0 Å². The minimum absolute atomic E-state index is 0.108. The van der Waals surface area contributed by atoms with Crippen molar-refractivity contribution in [1.82, 2.24) is 5.43 Å². The molecule has 100 valence electrons. The molecule has 1 amide bonds. The molecule has 1 aliphatic heterocycles. The molecule has 1 heterocycles. The summed E-state index contributed by atoms with van der Waals surface area (Å²) in [5.74, 6) is 0.0633. The van der Waals surface area contributed by atoms with Crippen LogP contribution in [0.5, 0.6) is 5.75 Å². The number of rotatable bonds is 2. The van der Waals surface area contributed by atoms with Crippen LogP contribution in [0.15, 0.2) is 31.8 Å². The second-order valence-corrected chi connectivity index (χ2v) is 5.39. The Bertz CT molecular complexity index is 574. The summed E-state index contributed by atoms with van der Waals surface area (Å²) < 4.78 is 6.33. The molecule has 0 saturated heterocycles. The summed E-state index contributed by atoms with van der Waals surface area (Å²) in [4.78, 5) is 11.7. The van der Waals surface area contributed by atoms with Crippen LogP contribution in [0.25, 0.3) is 6.08 Å². The number of aromatic hydroxyl groups is 1. The molecule has 2 N–H and O–H groups in total. The predicted octanol–water partition coefficient (Wildman–Crippen LogP) is 2.78. The molecule has 1 aromatic rings. The molecule has 0 unspecified atom stereocenters. The first-order valence-electron chi connectivity index (χ1n) is 5.43. The number of carbonyl (C=O) groups is 1.